The van der Waals surface area contributed by atoms with Crippen molar-refractivity contribution in [3.8, 4) is 11.5 Å². The Kier molecular flexibility index (Phi) is 9.58. The largest absolute Gasteiger partial charge is 0.493 e. The monoisotopic (exact) mass is 435 g/mol. The summed E-state index contributed by atoms with van der Waals surface area (Å²) in [7, 11) is 4.64. The molecule has 0 bridgehead atoms. The van der Waals surface area contributed by atoms with E-state index >= 15 is 0 Å². The first kappa shape index (κ1) is 24.9. The highest BCUT2D eigenvalue weighted by atomic mass is 16.5. The highest BCUT2D eigenvalue weighted by Gasteiger charge is 2.28. The number of esters is 1. The van der Waals surface area contributed by atoms with Crippen LogP contribution in [0, 0.1) is 12.8 Å². The maximum absolute atomic E-state index is 12.5. The molecule has 1 N–H and O–H groups in total. The van der Waals surface area contributed by atoms with Gasteiger partial charge in [0.1, 0.15) is 6.04 Å². The van der Waals surface area contributed by atoms with Crippen molar-refractivity contribution in [2.45, 2.75) is 39.8 Å². The van der Waals surface area contributed by atoms with Gasteiger partial charge in [0.15, 0.2) is 11.5 Å². The number of aryl methyl sites for hydroxylation is 1. The minimum Gasteiger partial charge on any atom is -0.493 e. The second-order valence-corrected chi connectivity index (χ2v) is 8.14. The van der Waals surface area contributed by atoms with Crippen LogP contribution in [0.1, 0.15) is 31.4 Å². The van der Waals surface area contributed by atoms with Gasteiger partial charge in [-0.2, -0.15) is 0 Å². The number of benzene rings is 1. The number of carbonyl (C=O) groups excluding carboxylic acids is 2. The van der Waals surface area contributed by atoms with E-state index in [4.69, 9.17) is 14.2 Å². The smallest absolute Gasteiger partial charge is 0.328 e. The molecule has 2 atom stereocenters. The van der Waals surface area contributed by atoms with Crippen molar-refractivity contribution in [1.29, 1.82) is 0 Å². The lowest BCUT2D eigenvalue weighted by molar-refractivity contribution is -0.146. The van der Waals surface area contributed by atoms with E-state index in [-0.39, 0.29) is 18.4 Å². The Labute approximate surface area is 185 Å². The maximum atomic E-state index is 12.5. The summed E-state index contributed by atoms with van der Waals surface area (Å²) in [5, 5.41) is 2.85. The molecule has 1 heterocycles. The number of hydrogen-bond donors (Lipinski definition) is 1. The zero-order chi connectivity index (χ0) is 23.0. The van der Waals surface area contributed by atoms with E-state index in [0.29, 0.717) is 0 Å². The molecule has 0 unspecified atom stereocenters. The third-order valence-corrected chi connectivity index (χ3v) is 6.05. The van der Waals surface area contributed by atoms with Gasteiger partial charge in [0.25, 0.3) is 0 Å². The van der Waals surface area contributed by atoms with Gasteiger partial charge >= 0.3 is 5.97 Å². The lowest BCUT2D eigenvalue weighted by Crippen LogP contribution is -2.52. The van der Waals surface area contributed by atoms with Gasteiger partial charge < -0.3 is 19.5 Å². The molecule has 8 heteroatoms. The van der Waals surface area contributed by atoms with Crippen LogP contribution in [-0.2, 0) is 20.9 Å². The Morgan fingerprint density at radius 1 is 1.03 bits per heavy atom. The van der Waals surface area contributed by atoms with Gasteiger partial charge in [0.05, 0.1) is 27.9 Å². The van der Waals surface area contributed by atoms with Gasteiger partial charge in [-0.05, 0) is 36.1 Å². The predicted molar refractivity (Wildman–Crippen MR) is 119 cm³/mol. The predicted octanol–water partition coefficient (Wildman–Crippen LogP) is 1.83. The van der Waals surface area contributed by atoms with Crippen LogP contribution >= 0.6 is 0 Å². The number of nitrogens with one attached hydrogen (secondary N) is 1. The Bertz CT molecular complexity index is 747. The van der Waals surface area contributed by atoms with Crippen LogP contribution in [0.3, 0.4) is 0 Å². The van der Waals surface area contributed by atoms with Crippen molar-refractivity contribution in [2.75, 3.05) is 54.1 Å². The molecular weight excluding hydrogens is 398 g/mol. The van der Waals surface area contributed by atoms with Crippen LogP contribution in [-0.4, -0.2) is 81.8 Å². The van der Waals surface area contributed by atoms with E-state index in [9.17, 15) is 9.59 Å². The third kappa shape index (κ3) is 6.83. The van der Waals surface area contributed by atoms with E-state index in [0.717, 1.165) is 50.6 Å². The van der Waals surface area contributed by atoms with Crippen molar-refractivity contribution in [2.24, 2.45) is 5.92 Å². The Morgan fingerprint density at radius 3 is 2.16 bits per heavy atom. The van der Waals surface area contributed by atoms with Crippen LogP contribution in [0.25, 0.3) is 0 Å². The van der Waals surface area contributed by atoms with Crippen molar-refractivity contribution in [3.05, 3.63) is 23.3 Å². The number of piperazine rings is 1. The van der Waals surface area contributed by atoms with E-state index in [1.165, 1.54) is 18.2 Å². The molecule has 0 aliphatic carbocycles. The zero-order valence-electron chi connectivity index (χ0n) is 19.7. The first-order chi connectivity index (χ1) is 14.8. The molecule has 0 aromatic heterocycles. The average molecular weight is 436 g/mol. The summed E-state index contributed by atoms with van der Waals surface area (Å²) >= 11 is 0. The molecular formula is C23H37N3O5. The summed E-state index contributed by atoms with van der Waals surface area (Å²) < 4.78 is 15.7. The molecule has 1 fully saturated rings. The topological polar surface area (TPSA) is 80.3 Å². The summed E-state index contributed by atoms with van der Waals surface area (Å²) in [4.78, 5) is 29.0. The lowest BCUT2D eigenvalue weighted by Gasteiger charge is -2.35. The Morgan fingerprint density at radius 2 is 1.61 bits per heavy atom. The first-order valence-electron chi connectivity index (χ1n) is 10.9. The normalized spacial score (nSPS) is 17.0. The summed E-state index contributed by atoms with van der Waals surface area (Å²) in [5.41, 5.74) is 2.37. The van der Waals surface area contributed by atoms with Gasteiger partial charge in [-0.15, -0.1) is 0 Å². The van der Waals surface area contributed by atoms with Gasteiger partial charge in [0, 0.05) is 32.7 Å². The SMILES string of the molecule is CC[C@H](C)[C@@H](NC(=O)CN1CCN(Cc2cc(OC)c(OC)cc2C)CC1)C(=O)OC. The minimum atomic E-state index is -0.600. The summed E-state index contributed by atoms with van der Waals surface area (Å²) in [6, 6.07) is 3.44. The standard InChI is InChI=1S/C23H37N3O5/c1-7-16(2)22(23(28)31-6)24-21(27)15-26-10-8-25(9-11-26)14-18-13-20(30-5)19(29-4)12-17(18)3/h12-13,16,22H,7-11,14-15H2,1-6H3,(H,24,27)/t16-,22+/m0/s1. The number of carbonyl (C=O) groups is 2. The fourth-order valence-corrected chi connectivity index (χ4v) is 3.76. The minimum absolute atomic E-state index is 0.0259. The van der Waals surface area contributed by atoms with Crippen LogP contribution in [0.15, 0.2) is 12.1 Å². The number of rotatable bonds is 10. The van der Waals surface area contributed by atoms with Crippen molar-refractivity contribution in [3.63, 3.8) is 0 Å². The number of methoxy groups -OCH3 is 3. The second kappa shape index (κ2) is 11.9. The van der Waals surface area contributed by atoms with Gasteiger partial charge in [-0.25, -0.2) is 4.79 Å². The molecule has 1 aliphatic rings. The second-order valence-electron chi connectivity index (χ2n) is 8.14. The van der Waals surface area contributed by atoms with E-state index in [2.05, 4.69) is 22.0 Å². The molecule has 1 aromatic carbocycles. The highest BCUT2D eigenvalue weighted by Crippen LogP contribution is 2.31. The molecule has 2 rings (SSSR count). The van der Waals surface area contributed by atoms with Gasteiger partial charge in [-0.1, -0.05) is 20.3 Å². The Balaban J connectivity index is 1.87. The third-order valence-electron chi connectivity index (χ3n) is 6.05. The van der Waals surface area contributed by atoms with E-state index in [1.807, 2.05) is 26.0 Å². The van der Waals surface area contributed by atoms with Gasteiger partial charge in [-0.3, -0.25) is 14.6 Å². The first-order valence-corrected chi connectivity index (χ1v) is 10.9. The molecule has 1 aliphatic heterocycles. The number of hydrogen-bond acceptors (Lipinski definition) is 7. The molecule has 1 amide bonds. The van der Waals surface area contributed by atoms with Crippen molar-refractivity contribution in [1.82, 2.24) is 15.1 Å². The fourth-order valence-electron chi connectivity index (χ4n) is 3.76. The quantitative estimate of drug-likeness (QED) is 0.562. The molecule has 0 saturated carbocycles. The van der Waals surface area contributed by atoms with Crippen LogP contribution in [0.4, 0.5) is 0 Å². The molecule has 8 nitrogen and oxygen atoms in total. The van der Waals surface area contributed by atoms with Crippen molar-refractivity contribution >= 4 is 11.9 Å². The van der Waals surface area contributed by atoms with Crippen LogP contribution in [0.5, 0.6) is 11.5 Å². The molecule has 0 spiro atoms. The molecule has 0 radical (unpaired) electrons. The number of ether oxygens (including phenoxy) is 3. The van der Waals surface area contributed by atoms with Crippen LogP contribution in [0.2, 0.25) is 0 Å². The summed E-state index contributed by atoms with van der Waals surface area (Å²) in [6.07, 6.45) is 0.786. The summed E-state index contributed by atoms with van der Waals surface area (Å²) in [6.45, 7) is 10.4. The highest BCUT2D eigenvalue weighted by molar-refractivity contribution is 5.85. The van der Waals surface area contributed by atoms with Crippen LogP contribution < -0.4 is 14.8 Å². The number of amides is 1. The average Bonchev–Trinajstić information content (AvgIpc) is 2.78. The van der Waals surface area contributed by atoms with E-state index < -0.39 is 12.0 Å². The molecule has 1 saturated heterocycles. The lowest BCUT2D eigenvalue weighted by atomic mass is 9.99. The zero-order valence-corrected chi connectivity index (χ0v) is 19.7. The molecule has 31 heavy (non-hydrogen) atoms. The molecule has 174 valence electrons. The fraction of sp³-hybridized carbons (Fsp3) is 0.652. The Hall–Kier alpha value is -2.32. The maximum Gasteiger partial charge on any atom is 0.328 e. The summed E-state index contributed by atoms with van der Waals surface area (Å²) in [5.74, 6) is 0.970. The number of nitrogens with zero attached hydrogens (tertiary/aromatic N) is 2. The van der Waals surface area contributed by atoms with Crippen molar-refractivity contribution < 1.29 is 23.8 Å². The molecule has 1 aromatic rings. The van der Waals surface area contributed by atoms with Gasteiger partial charge in [0.2, 0.25) is 5.91 Å². The van der Waals surface area contributed by atoms with E-state index in [1.54, 1.807) is 14.2 Å².